The predicted molar refractivity (Wildman–Crippen MR) is 93.6 cm³/mol. The summed E-state index contributed by atoms with van der Waals surface area (Å²) in [7, 11) is -3.84. The van der Waals surface area contributed by atoms with Gasteiger partial charge in [-0.15, -0.1) is 0 Å². The van der Waals surface area contributed by atoms with Crippen molar-refractivity contribution in [2.24, 2.45) is 0 Å². The van der Waals surface area contributed by atoms with Crippen LogP contribution < -0.4 is 0 Å². The first-order valence-corrected chi connectivity index (χ1v) is 10.3. The van der Waals surface area contributed by atoms with Gasteiger partial charge in [-0.3, -0.25) is 0 Å². The van der Waals surface area contributed by atoms with E-state index in [1.54, 1.807) is 42.5 Å². The van der Waals surface area contributed by atoms with Crippen molar-refractivity contribution in [3.63, 3.8) is 0 Å². The molecule has 0 fully saturated rings. The Labute approximate surface area is 149 Å². The van der Waals surface area contributed by atoms with Gasteiger partial charge in [0.25, 0.3) is 5.03 Å². The van der Waals surface area contributed by atoms with Gasteiger partial charge in [0.05, 0.1) is 22.3 Å². The summed E-state index contributed by atoms with van der Waals surface area (Å²) < 4.78 is 43.7. The molecule has 5 nitrogen and oxygen atoms in total. The molecule has 2 heterocycles. The highest BCUT2D eigenvalue weighted by atomic mass is 32.2. The summed E-state index contributed by atoms with van der Waals surface area (Å²) >= 11 is -1.82. The van der Waals surface area contributed by atoms with E-state index in [9.17, 15) is 13.0 Å². The molecular weight excluding hydrogens is 358 g/mol. The molecule has 0 aliphatic carbocycles. The normalized spacial score (nSPS) is 13.1. The van der Waals surface area contributed by atoms with Crippen LogP contribution in [0, 0.1) is 0 Å². The molecule has 2 aromatic heterocycles. The summed E-state index contributed by atoms with van der Waals surface area (Å²) in [6.45, 7) is 4.07. The molecule has 1 atom stereocenters. The highest BCUT2D eigenvalue weighted by molar-refractivity contribution is 7.94. The third kappa shape index (κ3) is 3.49. The van der Waals surface area contributed by atoms with Crippen LogP contribution in [0.15, 0.2) is 85.3 Å². The molecule has 7 heteroatoms. The van der Waals surface area contributed by atoms with Crippen LogP contribution >= 0.6 is 0 Å². The first kappa shape index (κ1) is 17.7. The van der Waals surface area contributed by atoms with E-state index in [1.807, 2.05) is 13.8 Å². The summed E-state index contributed by atoms with van der Waals surface area (Å²) in [5.74, 6) is 0.304. The van der Waals surface area contributed by atoms with Crippen LogP contribution in [0.4, 0.5) is 0 Å². The van der Waals surface area contributed by atoms with Crippen molar-refractivity contribution in [1.82, 2.24) is 4.98 Å². The Bertz CT molecular complexity index is 948. The quantitative estimate of drug-likeness (QED) is 0.634. The highest BCUT2D eigenvalue weighted by Gasteiger charge is 2.33. The van der Waals surface area contributed by atoms with Gasteiger partial charge in [0.2, 0.25) is 9.84 Å². The zero-order valence-electron chi connectivity index (χ0n) is 13.7. The maximum atomic E-state index is 12.9. The third-order valence-electron chi connectivity index (χ3n) is 3.74. The molecule has 1 aromatic carbocycles. The number of pyridine rings is 1. The number of benzene rings is 1. The largest absolute Gasteiger partial charge is 0.603 e. The standard InChI is InChI=1S/C18H17NO4S2/c1-13(2)14-6-8-15(9-7-14)25(21,22)16-10-12-23-18(16)24(20)17-5-3-4-11-19-17/h3-13H,1-2H3. The smallest absolute Gasteiger partial charge is 0.337 e. The minimum atomic E-state index is -3.84. The second-order valence-corrected chi connectivity index (χ2v) is 8.98. The van der Waals surface area contributed by atoms with Gasteiger partial charge in [0.15, 0.2) is 4.90 Å². The zero-order chi connectivity index (χ0) is 18.0. The van der Waals surface area contributed by atoms with Crippen LogP contribution in [-0.4, -0.2) is 18.0 Å². The Morgan fingerprint density at radius 2 is 1.80 bits per heavy atom. The number of furan rings is 1. The van der Waals surface area contributed by atoms with Crippen molar-refractivity contribution < 1.29 is 17.4 Å². The van der Waals surface area contributed by atoms with E-state index < -0.39 is 21.0 Å². The van der Waals surface area contributed by atoms with Crippen LogP contribution in [0.1, 0.15) is 25.3 Å². The van der Waals surface area contributed by atoms with E-state index in [0.29, 0.717) is 5.92 Å². The molecule has 0 radical (unpaired) electrons. The maximum absolute atomic E-state index is 12.9. The lowest BCUT2D eigenvalue weighted by atomic mass is 10.0. The van der Waals surface area contributed by atoms with E-state index in [1.165, 1.54) is 18.5 Å². The first-order valence-electron chi connectivity index (χ1n) is 7.66. The number of sulfone groups is 1. The minimum Gasteiger partial charge on any atom is -0.603 e. The molecule has 130 valence electrons. The summed E-state index contributed by atoms with van der Waals surface area (Å²) in [5, 5.41) is 0.121. The molecule has 3 rings (SSSR count). The molecule has 1 unspecified atom stereocenters. The predicted octanol–water partition coefficient (Wildman–Crippen LogP) is 3.80. The molecule has 0 saturated heterocycles. The monoisotopic (exact) mass is 375 g/mol. The Morgan fingerprint density at radius 1 is 1.08 bits per heavy atom. The average molecular weight is 375 g/mol. The van der Waals surface area contributed by atoms with Gasteiger partial charge >= 0.3 is 5.09 Å². The molecule has 25 heavy (non-hydrogen) atoms. The molecule has 0 saturated carbocycles. The SMILES string of the molecule is CC(C)c1ccc(S(=O)(=O)c2ccoc2[S+]([O-])c2ccccn2)cc1. The lowest BCUT2D eigenvalue weighted by Crippen LogP contribution is -2.10. The van der Waals surface area contributed by atoms with Crippen LogP contribution in [0.25, 0.3) is 0 Å². The molecule has 0 aliphatic heterocycles. The first-order chi connectivity index (χ1) is 11.9. The van der Waals surface area contributed by atoms with E-state index in [0.717, 1.165) is 5.56 Å². The van der Waals surface area contributed by atoms with E-state index in [-0.39, 0.29) is 19.9 Å². The Kier molecular flexibility index (Phi) is 4.99. The topological polar surface area (TPSA) is 83.2 Å². The number of hydrogen-bond donors (Lipinski definition) is 0. The molecular formula is C18H17NO4S2. The maximum Gasteiger partial charge on any atom is 0.337 e. The van der Waals surface area contributed by atoms with Gasteiger partial charge in [-0.2, -0.15) is 0 Å². The van der Waals surface area contributed by atoms with Gasteiger partial charge < -0.3 is 8.97 Å². The molecule has 0 bridgehead atoms. The minimum absolute atomic E-state index is 0.103. The fourth-order valence-corrected chi connectivity index (χ4v) is 5.08. The Hall–Kier alpha value is -2.09. The third-order valence-corrected chi connectivity index (χ3v) is 6.94. The summed E-state index contributed by atoms with van der Waals surface area (Å²) in [4.78, 5) is 4.04. The molecule has 0 spiro atoms. The lowest BCUT2D eigenvalue weighted by Gasteiger charge is -2.09. The summed E-state index contributed by atoms with van der Waals surface area (Å²) in [6.07, 6.45) is 2.72. The molecule has 3 aromatic rings. The van der Waals surface area contributed by atoms with Gasteiger partial charge in [-0.25, -0.2) is 13.4 Å². The van der Waals surface area contributed by atoms with Crippen molar-refractivity contribution in [3.8, 4) is 0 Å². The van der Waals surface area contributed by atoms with Gasteiger partial charge in [0, 0.05) is 18.3 Å². The molecule has 0 amide bonds. The van der Waals surface area contributed by atoms with E-state index in [2.05, 4.69) is 4.98 Å². The molecule has 0 N–H and O–H groups in total. The Morgan fingerprint density at radius 3 is 2.40 bits per heavy atom. The summed E-state index contributed by atoms with van der Waals surface area (Å²) in [6, 6.07) is 12.9. The van der Waals surface area contributed by atoms with Crippen LogP contribution in [0.5, 0.6) is 0 Å². The number of aromatic nitrogens is 1. The van der Waals surface area contributed by atoms with Crippen molar-refractivity contribution in [2.75, 3.05) is 0 Å². The molecule has 0 aliphatic rings. The van der Waals surface area contributed by atoms with Crippen LogP contribution in [-0.2, 0) is 21.0 Å². The number of rotatable bonds is 5. The van der Waals surface area contributed by atoms with E-state index in [4.69, 9.17) is 4.42 Å². The average Bonchev–Trinajstić information content (AvgIpc) is 3.12. The van der Waals surface area contributed by atoms with E-state index >= 15 is 0 Å². The second-order valence-electron chi connectivity index (χ2n) is 5.74. The fraction of sp³-hybridized carbons (Fsp3) is 0.167. The van der Waals surface area contributed by atoms with Crippen molar-refractivity contribution in [3.05, 3.63) is 66.6 Å². The highest BCUT2D eigenvalue weighted by Crippen LogP contribution is 2.31. The van der Waals surface area contributed by atoms with Gasteiger partial charge in [-0.1, -0.05) is 32.0 Å². The zero-order valence-corrected chi connectivity index (χ0v) is 15.4. The number of hydrogen-bond acceptors (Lipinski definition) is 5. The van der Waals surface area contributed by atoms with Crippen LogP contribution in [0.3, 0.4) is 0 Å². The van der Waals surface area contributed by atoms with Gasteiger partial charge in [-0.05, 0) is 29.7 Å². The van der Waals surface area contributed by atoms with Crippen molar-refractivity contribution >= 4 is 21.0 Å². The van der Waals surface area contributed by atoms with Crippen LogP contribution in [0.2, 0.25) is 0 Å². The Balaban J connectivity index is 2.01. The van der Waals surface area contributed by atoms with Crippen molar-refractivity contribution in [1.29, 1.82) is 0 Å². The fourth-order valence-electron chi connectivity index (χ4n) is 2.33. The lowest BCUT2D eigenvalue weighted by molar-refractivity contribution is 0.434. The van der Waals surface area contributed by atoms with Crippen molar-refractivity contribution in [2.45, 2.75) is 39.7 Å². The summed E-state index contributed by atoms with van der Waals surface area (Å²) in [5.41, 5.74) is 1.04. The van der Waals surface area contributed by atoms with Gasteiger partial charge in [0.1, 0.15) is 0 Å². The second kappa shape index (κ2) is 7.03. The number of nitrogens with zero attached hydrogens (tertiary/aromatic N) is 1.